The molecule has 0 bridgehead atoms. The molecule has 4 rings (SSSR count). The molecule has 0 saturated carbocycles. The maximum absolute atomic E-state index is 12.2. The van der Waals surface area contributed by atoms with Crippen LogP contribution in [0.2, 0.25) is 0 Å². The summed E-state index contributed by atoms with van der Waals surface area (Å²) < 4.78 is 6.97. The van der Waals surface area contributed by atoms with Crippen LogP contribution in [0.1, 0.15) is 6.42 Å². The molecule has 0 amide bonds. The van der Waals surface area contributed by atoms with E-state index in [1.165, 1.54) is 0 Å². The van der Waals surface area contributed by atoms with Gasteiger partial charge in [-0.25, -0.2) is 9.78 Å². The van der Waals surface area contributed by atoms with Crippen LogP contribution in [0.15, 0.2) is 47.4 Å². The highest BCUT2D eigenvalue weighted by molar-refractivity contribution is 5.77. The molecular weight excluding hydrogens is 280 g/mol. The second-order valence-electron chi connectivity index (χ2n) is 5.39. The third kappa shape index (κ3) is 2.27. The molecule has 1 aliphatic heterocycles. The van der Waals surface area contributed by atoms with Gasteiger partial charge in [0, 0.05) is 6.61 Å². The van der Waals surface area contributed by atoms with E-state index < -0.39 is 0 Å². The highest BCUT2D eigenvalue weighted by Gasteiger charge is 2.15. The second-order valence-corrected chi connectivity index (χ2v) is 5.39. The lowest BCUT2D eigenvalue weighted by Crippen LogP contribution is -2.20. The van der Waals surface area contributed by atoms with Gasteiger partial charge in [-0.2, -0.15) is 0 Å². The van der Waals surface area contributed by atoms with Crippen LogP contribution in [0.4, 0.5) is 5.82 Å². The number of hydrogen-bond acceptors (Lipinski definition) is 4. The summed E-state index contributed by atoms with van der Waals surface area (Å²) in [6.07, 6.45) is 2.70. The average Bonchev–Trinajstić information content (AvgIpc) is 3.15. The normalized spacial score (nSPS) is 17.9. The molecule has 6 heteroatoms. The SMILES string of the molecule is O=c1[nH]c2ccccc2n1-c1ccc(N[C@@H]2CCOC2)nc1. The van der Waals surface area contributed by atoms with E-state index in [1.807, 2.05) is 36.4 Å². The smallest absolute Gasteiger partial charge is 0.331 e. The topological polar surface area (TPSA) is 71.9 Å². The fourth-order valence-electron chi connectivity index (χ4n) is 2.77. The molecule has 3 heterocycles. The number of pyridine rings is 1. The Morgan fingerprint density at radius 2 is 2.18 bits per heavy atom. The van der Waals surface area contributed by atoms with E-state index in [0.717, 1.165) is 35.6 Å². The molecule has 6 nitrogen and oxygen atoms in total. The number of aromatic nitrogens is 3. The quantitative estimate of drug-likeness (QED) is 0.774. The van der Waals surface area contributed by atoms with Gasteiger partial charge in [0.05, 0.1) is 35.6 Å². The standard InChI is InChI=1S/C16H16N4O2/c21-16-19-13-3-1-2-4-14(13)20(16)12-5-6-15(17-9-12)18-11-7-8-22-10-11/h1-6,9,11H,7-8,10H2,(H,17,18)(H,19,21)/t11-/m1/s1. The molecule has 2 aromatic heterocycles. The van der Waals surface area contributed by atoms with E-state index in [4.69, 9.17) is 4.74 Å². The van der Waals surface area contributed by atoms with Crippen molar-refractivity contribution in [3.63, 3.8) is 0 Å². The molecule has 1 aliphatic rings. The largest absolute Gasteiger partial charge is 0.379 e. The lowest BCUT2D eigenvalue weighted by atomic mass is 10.2. The molecule has 0 aliphatic carbocycles. The molecule has 112 valence electrons. The Hall–Kier alpha value is -2.60. The van der Waals surface area contributed by atoms with Gasteiger partial charge in [0.2, 0.25) is 0 Å². The monoisotopic (exact) mass is 296 g/mol. The van der Waals surface area contributed by atoms with Crippen molar-refractivity contribution in [1.29, 1.82) is 0 Å². The van der Waals surface area contributed by atoms with E-state index in [1.54, 1.807) is 10.8 Å². The Morgan fingerprint density at radius 1 is 1.27 bits per heavy atom. The maximum atomic E-state index is 12.2. The molecule has 1 saturated heterocycles. The summed E-state index contributed by atoms with van der Waals surface area (Å²) in [5, 5.41) is 3.33. The van der Waals surface area contributed by atoms with Crippen LogP contribution in [0.5, 0.6) is 0 Å². The van der Waals surface area contributed by atoms with Crippen molar-refractivity contribution in [3.05, 3.63) is 53.1 Å². The Balaban J connectivity index is 1.67. The predicted octanol–water partition coefficient (Wildman–Crippen LogP) is 1.91. The van der Waals surface area contributed by atoms with Gasteiger partial charge in [0.25, 0.3) is 0 Å². The number of H-pyrrole nitrogens is 1. The molecule has 0 spiro atoms. The highest BCUT2D eigenvalue weighted by Crippen LogP contribution is 2.17. The van der Waals surface area contributed by atoms with Gasteiger partial charge in [0.15, 0.2) is 0 Å². The Kier molecular flexibility index (Phi) is 3.16. The first-order valence-corrected chi connectivity index (χ1v) is 7.32. The van der Waals surface area contributed by atoms with Crippen LogP contribution < -0.4 is 11.0 Å². The van der Waals surface area contributed by atoms with Gasteiger partial charge in [0.1, 0.15) is 5.82 Å². The zero-order chi connectivity index (χ0) is 14.9. The van der Waals surface area contributed by atoms with Crippen LogP contribution in [-0.2, 0) is 4.74 Å². The Morgan fingerprint density at radius 3 is 2.95 bits per heavy atom. The summed E-state index contributed by atoms with van der Waals surface area (Å²) in [4.78, 5) is 19.4. The molecule has 22 heavy (non-hydrogen) atoms. The highest BCUT2D eigenvalue weighted by atomic mass is 16.5. The number of nitrogens with one attached hydrogen (secondary N) is 2. The van der Waals surface area contributed by atoms with Crippen molar-refractivity contribution in [2.24, 2.45) is 0 Å². The fraction of sp³-hybridized carbons (Fsp3) is 0.250. The fourth-order valence-corrected chi connectivity index (χ4v) is 2.77. The zero-order valence-corrected chi connectivity index (χ0v) is 12.0. The molecule has 1 fully saturated rings. The Labute approximate surface area is 126 Å². The first-order valence-electron chi connectivity index (χ1n) is 7.32. The van der Waals surface area contributed by atoms with Crippen LogP contribution in [-0.4, -0.2) is 33.8 Å². The van der Waals surface area contributed by atoms with E-state index in [0.29, 0.717) is 12.6 Å². The lowest BCUT2D eigenvalue weighted by molar-refractivity contribution is 0.195. The van der Waals surface area contributed by atoms with Crippen molar-refractivity contribution < 1.29 is 4.74 Å². The summed E-state index contributed by atoms with van der Waals surface area (Å²) in [5.74, 6) is 0.798. The number of ether oxygens (including phenoxy) is 1. The predicted molar refractivity (Wildman–Crippen MR) is 84.5 cm³/mol. The summed E-state index contributed by atoms with van der Waals surface area (Å²) in [7, 11) is 0. The number of para-hydroxylation sites is 2. The third-order valence-electron chi connectivity index (χ3n) is 3.88. The van der Waals surface area contributed by atoms with E-state index >= 15 is 0 Å². The van der Waals surface area contributed by atoms with Gasteiger partial charge >= 0.3 is 5.69 Å². The number of imidazole rings is 1. The average molecular weight is 296 g/mol. The van der Waals surface area contributed by atoms with E-state index in [-0.39, 0.29) is 5.69 Å². The summed E-state index contributed by atoms with van der Waals surface area (Å²) in [6.45, 7) is 1.51. The Bertz CT molecular complexity index is 844. The molecular formula is C16H16N4O2. The van der Waals surface area contributed by atoms with Crippen molar-refractivity contribution in [2.75, 3.05) is 18.5 Å². The van der Waals surface area contributed by atoms with Gasteiger partial charge < -0.3 is 15.0 Å². The van der Waals surface area contributed by atoms with Crippen LogP contribution >= 0.6 is 0 Å². The maximum Gasteiger partial charge on any atom is 0.331 e. The molecule has 2 N–H and O–H groups in total. The van der Waals surface area contributed by atoms with Crippen LogP contribution in [0, 0.1) is 0 Å². The first-order chi connectivity index (χ1) is 10.8. The number of aromatic amines is 1. The zero-order valence-electron chi connectivity index (χ0n) is 12.0. The van der Waals surface area contributed by atoms with Gasteiger partial charge in [-0.05, 0) is 30.7 Å². The van der Waals surface area contributed by atoms with Gasteiger partial charge in [-0.3, -0.25) is 4.57 Å². The number of anilines is 1. The molecule has 1 aromatic carbocycles. The third-order valence-corrected chi connectivity index (χ3v) is 3.88. The van der Waals surface area contributed by atoms with Crippen LogP contribution in [0.25, 0.3) is 16.7 Å². The van der Waals surface area contributed by atoms with Crippen molar-refractivity contribution >= 4 is 16.9 Å². The van der Waals surface area contributed by atoms with E-state index in [2.05, 4.69) is 15.3 Å². The van der Waals surface area contributed by atoms with Crippen molar-refractivity contribution in [2.45, 2.75) is 12.5 Å². The lowest BCUT2D eigenvalue weighted by Gasteiger charge is -2.11. The number of fused-ring (bicyclic) bond motifs is 1. The summed E-state index contributed by atoms with van der Waals surface area (Å²) in [6, 6.07) is 11.7. The summed E-state index contributed by atoms with van der Waals surface area (Å²) >= 11 is 0. The molecule has 3 aromatic rings. The molecule has 0 unspecified atom stereocenters. The number of benzene rings is 1. The second kappa shape index (κ2) is 5.31. The van der Waals surface area contributed by atoms with Gasteiger partial charge in [-0.1, -0.05) is 12.1 Å². The molecule has 0 radical (unpaired) electrons. The number of hydrogen-bond donors (Lipinski definition) is 2. The van der Waals surface area contributed by atoms with E-state index in [9.17, 15) is 4.79 Å². The number of nitrogens with zero attached hydrogens (tertiary/aromatic N) is 2. The minimum absolute atomic E-state index is 0.159. The molecule has 1 atom stereocenters. The number of rotatable bonds is 3. The minimum atomic E-state index is -0.159. The van der Waals surface area contributed by atoms with Crippen molar-refractivity contribution in [1.82, 2.24) is 14.5 Å². The van der Waals surface area contributed by atoms with Crippen molar-refractivity contribution in [3.8, 4) is 5.69 Å². The first kappa shape index (κ1) is 13.1. The van der Waals surface area contributed by atoms with Crippen LogP contribution in [0.3, 0.4) is 0 Å². The summed E-state index contributed by atoms with van der Waals surface area (Å²) in [5.41, 5.74) is 2.25. The minimum Gasteiger partial charge on any atom is -0.379 e. The van der Waals surface area contributed by atoms with Gasteiger partial charge in [-0.15, -0.1) is 0 Å².